The standard InChI is InChI=1S/C17H27N/c1-2-3-4-14-5-9-16(10-6-14)17-11-7-15(13-18)8-12-17/h2,14-17H,1,3-12H2. The molecule has 0 N–H and O–H groups in total. The summed E-state index contributed by atoms with van der Waals surface area (Å²) in [6, 6.07) is 2.45. The molecule has 100 valence electrons. The summed E-state index contributed by atoms with van der Waals surface area (Å²) in [5.74, 6) is 3.25. The molecule has 1 nitrogen and oxygen atoms in total. The van der Waals surface area contributed by atoms with Crippen LogP contribution in [0.2, 0.25) is 0 Å². The van der Waals surface area contributed by atoms with E-state index in [1.807, 2.05) is 0 Å². The minimum atomic E-state index is 0.366. The summed E-state index contributed by atoms with van der Waals surface area (Å²) in [7, 11) is 0. The van der Waals surface area contributed by atoms with Gasteiger partial charge in [-0.25, -0.2) is 0 Å². The molecule has 2 saturated carbocycles. The van der Waals surface area contributed by atoms with E-state index < -0.39 is 0 Å². The van der Waals surface area contributed by atoms with Crippen LogP contribution in [0.15, 0.2) is 12.7 Å². The lowest BCUT2D eigenvalue weighted by molar-refractivity contribution is 0.154. The normalized spacial score (nSPS) is 36.8. The maximum atomic E-state index is 8.95. The maximum absolute atomic E-state index is 8.95. The summed E-state index contributed by atoms with van der Waals surface area (Å²) in [6.45, 7) is 3.82. The van der Waals surface area contributed by atoms with Gasteiger partial charge >= 0.3 is 0 Å². The van der Waals surface area contributed by atoms with Gasteiger partial charge < -0.3 is 0 Å². The minimum Gasteiger partial charge on any atom is -0.198 e. The van der Waals surface area contributed by atoms with Gasteiger partial charge in [-0.1, -0.05) is 18.9 Å². The molecule has 0 bridgehead atoms. The van der Waals surface area contributed by atoms with E-state index in [0.29, 0.717) is 5.92 Å². The summed E-state index contributed by atoms with van der Waals surface area (Å²) < 4.78 is 0. The monoisotopic (exact) mass is 245 g/mol. The van der Waals surface area contributed by atoms with Crippen LogP contribution in [-0.2, 0) is 0 Å². The van der Waals surface area contributed by atoms with Crippen LogP contribution >= 0.6 is 0 Å². The second-order valence-electron chi connectivity index (χ2n) is 6.39. The van der Waals surface area contributed by atoms with E-state index in [1.165, 1.54) is 51.4 Å². The fraction of sp³-hybridized carbons (Fsp3) is 0.824. The molecule has 0 spiro atoms. The molecule has 0 aromatic heterocycles. The summed E-state index contributed by atoms with van der Waals surface area (Å²) in [5, 5.41) is 8.95. The zero-order valence-corrected chi connectivity index (χ0v) is 11.6. The predicted octanol–water partition coefficient (Wildman–Crippen LogP) is 5.09. The SMILES string of the molecule is C=CCCC1CCC(C2CCC(C#N)CC2)CC1. The third-order valence-electron chi connectivity index (χ3n) is 5.29. The molecule has 0 amide bonds. The Morgan fingerprint density at radius 2 is 1.50 bits per heavy atom. The van der Waals surface area contributed by atoms with Crippen molar-refractivity contribution in [2.45, 2.75) is 64.2 Å². The van der Waals surface area contributed by atoms with Gasteiger partial charge in [-0.2, -0.15) is 5.26 Å². The molecule has 0 aromatic rings. The highest BCUT2D eigenvalue weighted by atomic mass is 14.4. The first kappa shape index (κ1) is 13.7. The van der Waals surface area contributed by atoms with Crippen LogP contribution in [0.5, 0.6) is 0 Å². The fourth-order valence-electron chi connectivity index (χ4n) is 4.02. The van der Waals surface area contributed by atoms with Crippen LogP contribution in [0.25, 0.3) is 0 Å². The van der Waals surface area contributed by atoms with Crippen molar-refractivity contribution >= 4 is 0 Å². The van der Waals surface area contributed by atoms with Crippen molar-refractivity contribution < 1.29 is 0 Å². The van der Waals surface area contributed by atoms with Crippen molar-refractivity contribution in [3.05, 3.63) is 12.7 Å². The Labute approximate surface area is 112 Å². The third-order valence-corrected chi connectivity index (χ3v) is 5.29. The zero-order valence-electron chi connectivity index (χ0n) is 11.6. The van der Waals surface area contributed by atoms with Crippen LogP contribution in [-0.4, -0.2) is 0 Å². The Hall–Kier alpha value is -0.770. The van der Waals surface area contributed by atoms with Crippen molar-refractivity contribution in [1.29, 1.82) is 5.26 Å². The van der Waals surface area contributed by atoms with Gasteiger partial charge in [0.1, 0.15) is 0 Å². The van der Waals surface area contributed by atoms with E-state index in [1.54, 1.807) is 0 Å². The van der Waals surface area contributed by atoms with Gasteiger partial charge in [0, 0.05) is 5.92 Å². The van der Waals surface area contributed by atoms with Crippen molar-refractivity contribution in [2.75, 3.05) is 0 Å². The smallest absolute Gasteiger partial charge is 0.0655 e. The van der Waals surface area contributed by atoms with Gasteiger partial charge in [0.15, 0.2) is 0 Å². The lowest BCUT2D eigenvalue weighted by Crippen LogP contribution is -2.25. The topological polar surface area (TPSA) is 23.8 Å². The molecule has 2 aliphatic rings. The van der Waals surface area contributed by atoms with Crippen molar-refractivity contribution in [2.24, 2.45) is 23.7 Å². The minimum absolute atomic E-state index is 0.366. The Morgan fingerprint density at radius 3 is 2.00 bits per heavy atom. The van der Waals surface area contributed by atoms with Gasteiger partial charge in [0.2, 0.25) is 0 Å². The van der Waals surface area contributed by atoms with E-state index in [-0.39, 0.29) is 0 Å². The van der Waals surface area contributed by atoms with Crippen molar-refractivity contribution in [3.8, 4) is 6.07 Å². The number of nitriles is 1. The van der Waals surface area contributed by atoms with Crippen LogP contribution in [0, 0.1) is 35.0 Å². The van der Waals surface area contributed by atoms with Crippen LogP contribution < -0.4 is 0 Å². The molecule has 2 fully saturated rings. The Kier molecular flexibility index (Phi) is 5.29. The molecule has 18 heavy (non-hydrogen) atoms. The van der Waals surface area contributed by atoms with Crippen molar-refractivity contribution in [1.82, 2.24) is 0 Å². The summed E-state index contributed by atoms with van der Waals surface area (Å²) in [4.78, 5) is 0. The first-order valence-electron chi connectivity index (χ1n) is 7.84. The highest BCUT2D eigenvalue weighted by molar-refractivity contribution is 4.89. The van der Waals surface area contributed by atoms with Crippen LogP contribution in [0.1, 0.15) is 64.2 Å². The molecule has 0 saturated heterocycles. The van der Waals surface area contributed by atoms with E-state index >= 15 is 0 Å². The molecular formula is C17H27N. The number of allylic oxidation sites excluding steroid dienone is 1. The molecule has 0 atom stereocenters. The predicted molar refractivity (Wildman–Crippen MR) is 75.9 cm³/mol. The zero-order chi connectivity index (χ0) is 12.8. The van der Waals surface area contributed by atoms with Crippen molar-refractivity contribution in [3.63, 3.8) is 0 Å². The first-order chi connectivity index (χ1) is 8.83. The molecule has 0 radical (unpaired) electrons. The molecule has 0 aromatic carbocycles. The van der Waals surface area contributed by atoms with Gasteiger partial charge in [-0.3, -0.25) is 0 Å². The van der Waals surface area contributed by atoms with Crippen LogP contribution in [0.3, 0.4) is 0 Å². The highest BCUT2D eigenvalue weighted by Gasteiger charge is 2.30. The van der Waals surface area contributed by atoms with Gasteiger partial charge in [-0.15, -0.1) is 6.58 Å². The second kappa shape index (κ2) is 6.98. The summed E-state index contributed by atoms with van der Waals surface area (Å²) in [6.07, 6.45) is 15.4. The van der Waals surface area contributed by atoms with E-state index in [4.69, 9.17) is 5.26 Å². The highest BCUT2D eigenvalue weighted by Crippen LogP contribution is 2.41. The summed E-state index contributed by atoms with van der Waals surface area (Å²) >= 11 is 0. The molecule has 0 aliphatic heterocycles. The maximum Gasteiger partial charge on any atom is 0.0655 e. The molecule has 0 heterocycles. The average molecular weight is 245 g/mol. The first-order valence-corrected chi connectivity index (χ1v) is 7.84. The van der Waals surface area contributed by atoms with Gasteiger partial charge in [0.25, 0.3) is 0 Å². The average Bonchev–Trinajstić information content (AvgIpc) is 2.46. The Morgan fingerprint density at radius 1 is 0.944 bits per heavy atom. The quantitative estimate of drug-likeness (QED) is 0.633. The molecular weight excluding hydrogens is 218 g/mol. The lowest BCUT2D eigenvalue weighted by Gasteiger charge is -2.36. The Balaban J connectivity index is 1.70. The van der Waals surface area contributed by atoms with Gasteiger partial charge in [0.05, 0.1) is 6.07 Å². The number of rotatable bonds is 4. The molecule has 0 unspecified atom stereocenters. The summed E-state index contributed by atoms with van der Waals surface area (Å²) in [5.41, 5.74) is 0. The molecule has 2 rings (SSSR count). The van der Waals surface area contributed by atoms with Gasteiger partial charge in [-0.05, 0) is 69.1 Å². The number of nitrogens with zero attached hydrogens (tertiary/aromatic N) is 1. The molecule has 1 heteroatoms. The van der Waals surface area contributed by atoms with E-state index in [2.05, 4.69) is 18.7 Å². The van der Waals surface area contributed by atoms with Crippen LogP contribution in [0.4, 0.5) is 0 Å². The number of hydrogen-bond donors (Lipinski definition) is 0. The van der Waals surface area contributed by atoms with E-state index in [0.717, 1.165) is 30.6 Å². The second-order valence-corrected chi connectivity index (χ2v) is 6.39. The lowest BCUT2D eigenvalue weighted by atomic mass is 9.69. The molecule has 2 aliphatic carbocycles. The van der Waals surface area contributed by atoms with E-state index in [9.17, 15) is 0 Å². The fourth-order valence-corrected chi connectivity index (χ4v) is 4.02. The Bertz CT molecular complexity index is 285. The third kappa shape index (κ3) is 3.61. The largest absolute Gasteiger partial charge is 0.198 e. The number of hydrogen-bond acceptors (Lipinski definition) is 1.